The minimum atomic E-state index is -0.746. The van der Waals surface area contributed by atoms with Crippen LogP contribution < -0.4 is 4.90 Å². The van der Waals surface area contributed by atoms with Crippen molar-refractivity contribution in [2.75, 3.05) is 50.7 Å². The molecule has 1 N–H and O–H groups in total. The van der Waals surface area contributed by atoms with E-state index in [1.807, 2.05) is 11.1 Å². The minimum Gasteiger partial charge on any atom is -0.480 e. The quantitative estimate of drug-likeness (QED) is 0.572. The minimum absolute atomic E-state index is 0.117. The number of benzene rings is 2. The first-order valence-corrected chi connectivity index (χ1v) is 13.0. The zero-order valence-electron chi connectivity index (χ0n) is 20.7. The van der Waals surface area contributed by atoms with E-state index in [4.69, 9.17) is 15.0 Å². The smallest absolute Gasteiger partial charge is 0.317 e. The molecule has 2 saturated heterocycles. The van der Waals surface area contributed by atoms with Gasteiger partial charge in [-0.25, -0.2) is 0 Å². The van der Waals surface area contributed by atoms with E-state index >= 15 is 0 Å². The number of para-hydroxylation sites is 1. The molecule has 5 rings (SSSR count). The fourth-order valence-electron chi connectivity index (χ4n) is 5.29. The van der Waals surface area contributed by atoms with Crippen molar-refractivity contribution in [3.63, 3.8) is 0 Å². The zero-order chi connectivity index (χ0) is 24.7. The van der Waals surface area contributed by atoms with Crippen molar-refractivity contribution in [3.05, 3.63) is 65.7 Å². The number of carboxylic acids is 1. The average Bonchev–Trinajstić information content (AvgIpc) is 3.38. The summed E-state index contributed by atoms with van der Waals surface area (Å²) in [5.74, 6) is -0.174. The molecule has 1 unspecified atom stereocenters. The topological polar surface area (TPSA) is 81.0 Å². The number of hydrogen-bond acceptors (Lipinski definition) is 7. The summed E-state index contributed by atoms with van der Waals surface area (Å²) in [4.78, 5) is 21.1. The summed E-state index contributed by atoms with van der Waals surface area (Å²) < 4.78 is 0. The molecule has 1 atom stereocenters. The van der Waals surface area contributed by atoms with Gasteiger partial charge in [0, 0.05) is 25.2 Å². The molecule has 0 amide bonds. The molecule has 2 aromatic carbocycles. The Morgan fingerprint density at radius 2 is 1.72 bits per heavy atom. The van der Waals surface area contributed by atoms with Crippen LogP contribution in [0.2, 0.25) is 0 Å². The van der Waals surface area contributed by atoms with E-state index in [1.165, 1.54) is 5.69 Å². The van der Waals surface area contributed by atoms with Crippen LogP contribution in [0.3, 0.4) is 0 Å². The van der Waals surface area contributed by atoms with E-state index in [1.54, 1.807) is 0 Å². The largest absolute Gasteiger partial charge is 0.480 e. The van der Waals surface area contributed by atoms with E-state index in [9.17, 15) is 4.79 Å². The van der Waals surface area contributed by atoms with Gasteiger partial charge in [0.1, 0.15) is 6.10 Å². The molecule has 0 bridgehead atoms. The van der Waals surface area contributed by atoms with Gasteiger partial charge in [0.2, 0.25) is 0 Å². The lowest BCUT2D eigenvalue weighted by atomic mass is 9.89. The van der Waals surface area contributed by atoms with Crippen molar-refractivity contribution < 1.29 is 14.7 Å². The van der Waals surface area contributed by atoms with E-state index in [2.05, 4.69) is 69.7 Å². The standard InChI is InChI=1S/C28H35N5O3/c34-28(35)21-31-12-10-22(11-13-31)18-26-19-27(30-36-26)24-8-6-23(7-9-24)20-29-33-16-14-32(15-17-33)25-4-2-1-3-5-25/h1-9,20,22,26H,10-19,21H2,(H,34,35). The molecule has 0 aliphatic carbocycles. The molecule has 0 aromatic heterocycles. The highest BCUT2D eigenvalue weighted by Crippen LogP contribution is 2.28. The monoisotopic (exact) mass is 489 g/mol. The van der Waals surface area contributed by atoms with Crippen LogP contribution in [0.15, 0.2) is 64.9 Å². The number of likely N-dealkylation sites (tertiary alicyclic amines) is 1. The summed E-state index contributed by atoms with van der Waals surface area (Å²) in [7, 11) is 0. The maximum Gasteiger partial charge on any atom is 0.317 e. The number of rotatable bonds is 8. The number of hydrogen-bond donors (Lipinski definition) is 1. The van der Waals surface area contributed by atoms with Crippen molar-refractivity contribution >= 4 is 23.6 Å². The molecular formula is C28H35N5O3. The third-order valence-electron chi connectivity index (χ3n) is 7.39. The first-order chi connectivity index (χ1) is 17.6. The Morgan fingerprint density at radius 3 is 2.42 bits per heavy atom. The van der Waals surface area contributed by atoms with Crippen LogP contribution in [-0.4, -0.2) is 84.8 Å². The van der Waals surface area contributed by atoms with E-state index in [0.717, 1.165) is 81.8 Å². The summed E-state index contributed by atoms with van der Waals surface area (Å²) in [6, 6.07) is 18.9. The predicted molar refractivity (Wildman–Crippen MR) is 142 cm³/mol. The molecule has 36 heavy (non-hydrogen) atoms. The van der Waals surface area contributed by atoms with Gasteiger partial charge in [0.05, 0.1) is 31.6 Å². The lowest BCUT2D eigenvalue weighted by Crippen LogP contribution is -2.44. The molecular weight excluding hydrogens is 454 g/mol. The third kappa shape index (κ3) is 6.43. The van der Waals surface area contributed by atoms with Crippen molar-refractivity contribution in [1.82, 2.24) is 9.91 Å². The fraction of sp³-hybridized carbons (Fsp3) is 0.464. The van der Waals surface area contributed by atoms with Gasteiger partial charge < -0.3 is 14.8 Å². The summed E-state index contributed by atoms with van der Waals surface area (Å²) in [6.07, 6.45) is 5.92. The van der Waals surface area contributed by atoms with Gasteiger partial charge in [-0.05, 0) is 61.5 Å². The number of carboxylic acid groups (broad SMARTS) is 1. The molecule has 0 saturated carbocycles. The molecule has 8 nitrogen and oxygen atoms in total. The van der Waals surface area contributed by atoms with Crippen LogP contribution >= 0.6 is 0 Å². The van der Waals surface area contributed by atoms with Gasteiger partial charge in [0.25, 0.3) is 0 Å². The molecule has 2 fully saturated rings. The van der Waals surface area contributed by atoms with E-state index in [0.29, 0.717) is 5.92 Å². The Labute approximate surface area is 212 Å². The molecule has 2 aromatic rings. The number of nitrogens with zero attached hydrogens (tertiary/aromatic N) is 5. The molecule has 8 heteroatoms. The van der Waals surface area contributed by atoms with Gasteiger partial charge in [-0.2, -0.15) is 5.10 Å². The van der Waals surface area contributed by atoms with Crippen LogP contribution in [0.1, 0.15) is 36.8 Å². The van der Waals surface area contributed by atoms with Gasteiger partial charge in [-0.3, -0.25) is 14.7 Å². The van der Waals surface area contributed by atoms with Crippen molar-refractivity contribution in [2.45, 2.75) is 31.8 Å². The molecule has 3 aliphatic rings. The maximum absolute atomic E-state index is 10.9. The zero-order valence-corrected chi connectivity index (χ0v) is 20.7. The van der Waals surface area contributed by atoms with Crippen LogP contribution in [0, 0.1) is 5.92 Å². The average molecular weight is 490 g/mol. The second kappa shape index (κ2) is 11.6. The molecule has 3 heterocycles. The maximum atomic E-state index is 10.9. The Hall–Kier alpha value is -3.39. The van der Waals surface area contributed by atoms with Crippen LogP contribution in [-0.2, 0) is 9.63 Å². The summed E-state index contributed by atoms with van der Waals surface area (Å²) in [5.41, 5.74) is 4.46. The highest BCUT2D eigenvalue weighted by atomic mass is 16.6. The van der Waals surface area contributed by atoms with Gasteiger partial charge >= 0.3 is 5.97 Å². The number of oxime groups is 1. The van der Waals surface area contributed by atoms with E-state index < -0.39 is 5.97 Å². The number of carbonyl (C=O) groups is 1. The van der Waals surface area contributed by atoms with Gasteiger partial charge in [-0.15, -0.1) is 0 Å². The first-order valence-electron chi connectivity index (χ1n) is 13.0. The lowest BCUT2D eigenvalue weighted by Gasteiger charge is -2.34. The van der Waals surface area contributed by atoms with E-state index in [-0.39, 0.29) is 12.6 Å². The van der Waals surface area contributed by atoms with Crippen molar-refractivity contribution in [1.29, 1.82) is 0 Å². The fourth-order valence-corrected chi connectivity index (χ4v) is 5.29. The van der Waals surface area contributed by atoms with Crippen LogP contribution in [0.5, 0.6) is 0 Å². The predicted octanol–water partition coefficient (Wildman–Crippen LogP) is 3.52. The van der Waals surface area contributed by atoms with Gasteiger partial charge in [0.15, 0.2) is 0 Å². The highest BCUT2D eigenvalue weighted by molar-refractivity contribution is 6.01. The third-order valence-corrected chi connectivity index (χ3v) is 7.39. The summed E-state index contributed by atoms with van der Waals surface area (Å²) in [6.45, 7) is 5.62. The Bertz CT molecular complexity index is 1060. The SMILES string of the molecule is O=C(O)CN1CCC(CC2CC(c3ccc(C=NN4CCN(c5ccccc5)CC4)cc3)=NO2)CC1. The van der Waals surface area contributed by atoms with Crippen molar-refractivity contribution in [2.24, 2.45) is 16.2 Å². The molecule has 0 radical (unpaired) electrons. The lowest BCUT2D eigenvalue weighted by molar-refractivity contribution is -0.138. The summed E-state index contributed by atoms with van der Waals surface area (Å²) in [5, 5.41) is 20.2. The normalized spacial score (nSPS) is 21.6. The molecule has 0 spiro atoms. The Kier molecular flexibility index (Phi) is 7.81. The van der Waals surface area contributed by atoms with Crippen LogP contribution in [0.25, 0.3) is 0 Å². The Morgan fingerprint density at radius 1 is 1.00 bits per heavy atom. The second-order valence-corrected chi connectivity index (χ2v) is 9.96. The number of piperazine rings is 1. The number of anilines is 1. The number of piperidine rings is 1. The first kappa shape index (κ1) is 24.3. The Balaban J connectivity index is 1.05. The molecule has 3 aliphatic heterocycles. The summed E-state index contributed by atoms with van der Waals surface area (Å²) >= 11 is 0. The molecule has 190 valence electrons. The highest BCUT2D eigenvalue weighted by Gasteiger charge is 2.28. The van der Waals surface area contributed by atoms with Crippen molar-refractivity contribution in [3.8, 4) is 0 Å². The number of aliphatic carboxylic acids is 1. The van der Waals surface area contributed by atoms with Crippen LogP contribution in [0.4, 0.5) is 5.69 Å². The number of hydrazone groups is 1. The van der Waals surface area contributed by atoms with Gasteiger partial charge in [-0.1, -0.05) is 47.6 Å². The second-order valence-electron chi connectivity index (χ2n) is 9.96.